The number of fused-ring (bicyclic) bond motifs is 1. The molecule has 0 atom stereocenters. The van der Waals surface area contributed by atoms with Gasteiger partial charge in [0.25, 0.3) is 0 Å². The van der Waals surface area contributed by atoms with E-state index in [1.54, 1.807) is 35.0 Å². The first-order valence-electron chi connectivity index (χ1n) is 11.4. The molecule has 0 unspecified atom stereocenters. The average Bonchev–Trinajstić information content (AvgIpc) is 3.22. The molecule has 0 spiro atoms. The molecule has 2 aromatic heterocycles. The van der Waals surface area contributed by atoms with E-state index in [-0.39, 0.29) is 23.8 Å². The quantitative estimate of drug-likeness (QED) is 0.187. The predicted molar refractivity (Wildman–Crippen MR) is 138 cm³/mol. The summed E-state index contributed by atoms with van der Waals surface area (Å²) in [6.07, 6.45) is -0.517. The Labute approximate surface area is 220 Å². The van der Waals surface area contributed by atoms with Gasteiger partial charge in [0.2, 0.25) is 0 Å². The number of hydrogen-bond acceptors (Lipinski definition) is 7. The zero-order valence-corrected chi connectivity index (χ0v) is 21.2. The zero-order chi connectivity index (χ0) is 28.4. The minimum Gasteiger partial charge on any atom is -0.382 e. The first-order valence-corrected chi connectivity index (χ1v) is 13.4. The summed E-state index contributed by atoms with van der Waals surface area (Å²) in [5, 5.41) is 11.8. The lowest BCUT2D eigenvalue weighted by Gasteiger charge is -2.12. The Balaban J connectivity index is 1.53. The summed E-state index contributed by atoms with van der Waals surface area (Å²) in [5.41, 5.74) is 7.30. The lowest BCUT2D eigenvalue weighted by molar-refractivity contribution is -0.137. The van der Waals surface area contributed by atoms with Crippen molar-refractivity contribution < 1.29 is 30.8 Å². The monoisotopic (exact) mass is 565 g/mol. The molecule has 2 heterocycles. The number of sulfone groups is 1. The van der Waals surface area contributed by atoms with Crippen molar-refractivity contribution in [1.82, 2.24) is 19.9 Å². The molecule has 2 amide bonds. The summed E-state index contributed by atoms with van der Waals surface area (Å²) in [6, 6.07) is 7.19. The van der Waals surface area contributed by atoms with Crippen LogP contribution in [0.3, 0.4) is 0 Å². The van der Waals surface area contributed by atoms with Gasteiger partial charge in [0, 0.05) is 36.8 Å². The predicted octanol–water partition coefficient (Wildman–Crippen LogP) is 3.91. The van der Waals surface area contributed by atoms with E-state index in [0.717, 1.165) is 11.8 Å². The topological polar surface area (TPSA) is 144 Å². The Morgan fingerprint density at radius 3 is 2.49 bits per heavy atom. The summed E-state index contributed by atoms with van der Waals surface area (Å²) >= 11 is 0. The fourth-order valence-corrected chi connectivity index (χ4v) is 4.34. The highest BCUT2D eigenvalue weighted by atomic mass is 32.2. The maximum atomic E-state index is 14.0. The molecular weight excluding hydrogens is 542 g/mol. The van der Waals surface area contributed by atoms with Crippen LogP contribution in [0.1, 0.15) is 11.1 Å². The van der Waals surface area contributed by atoms with E-state index in [9.17, 15) is 30.8 Å². The third-order valence-electron chi connectivity index (χ3n) is 5.62. The number of nitrogens with two attached hydrogens (primary N) is 1. The van der Waals surface area contributed by atoms with Gasteiger partial charge < -0.3 is 21.7 Å². The molecule has 2 aromatic carbocycles. The van der Waals surface area contributed by atoms with Crippen molar-refractivity contribution in [1.29, 1.82) is 0 Å². The van der Waals surface area contributed by atoms with Gasteiger partial charge in [0.15, 0.2) is 5.82 Å². The van der Waals surface area contributed by atoms with Crippen molar-refractivity contribution in [2.45, 2.75) is 12.7 Å². The van der Waals surface area contributed by atoms with E-state index in [1.165, 1.54) is 6.33 Å². The van der Waals surface area contributed by atoms with Crippen LogP contribution in [0.15, 0.2) is 55.0 Å². The van der Waals surface area contributed by atoms with E-state index in [0.29, 0.717) is 41.4 Å². The highest BCUT2D eigenvalue weighted by molar-refractivity contribution is 7.90. The smallest absolute Gasteiger partial charge is 0.382 e. The highest BCUT2D eigenvalue weighted by Gasteiger charge is 2.31. The molecule has 0 aliphatic carbocycles. The lowest BCUT2D eigenvalue weighted by Crippen LogP contribution is -2.22. The molecule has 0 saturated carbocycles. The molecule has 5 N–H and O–H groups in total. The average molecular weight is 566 g/mol. The molecule has 4 aromatic rings. The molecule has 0 radical (unpaired) electrons. The first kappa shape index (κ1) is 27.8. The summed E-state index contributed by atoms with van der Waals surface area (Å²) in [7, 11) is -3.14. The maximum absolute atomic E-state index is 14.0. The molecule has 0 aliphatic heterocycles. The van der Waals surface area contributed by atoms with Gasteiger partial charge in [-0.1, -0.05) is 12.1 Å². The Morgan fingerprint density at radius 2 is 1.82 bits per heavy atom. The summed E-state index contributed by atoms with van der Waals surface area (Å²) in [5.74, 6) is -0.844. The molecule has 10 nitrogen and oxygen atoms in total. The third kappa shape index (κ3) is 6.80. The summed E-state index contributed by atoms with van der Waals surface area (Å²) in [6.45, 7) is 0.536. The van der Waals surface area contributed by atoms with Crippen LogP contribution in [0.4, 0.5) is 39.5 Å². The van der Waals surface area contributed by atoms with Gasteiger partial charge in [-0.2, -0.15) is 18.3 Å². The molecular formula is C24H23F4N7O3S. The van der Waals surface area contributed by atoms with Crippen molar-refractivity contribution >= 4 is 38.6 Å². The van der Waals surface area contributed by atoms with Crippen LogP contribution < -0.4 is 21.7 Å². The van der Waals surface area contributed by atoms with Crippen LogP contribution in [0.25, 0.3) is 16.6 Å². The molecule has 0 fully saturated rings. The number of nitrogens with one attached hydrogen (secondary N) is 3. The minimum atomic E-state index is -4.70. The number of nitrogens with zero attached hydrogens (tertiary/aromatic N) is 3. The number of carbonyl (C=O) groups is 1. The first-order chi connectivity index (χ1) is 18.3. The van der Waals surface area contributed by atoms with Gasteiger partial charge in [-0.3, -0.25) is 0 Å². The number of anilines is 3. The fraction of sp³-hybridized carbons (Fsp3) is 0.208. The molecule has 39 heavy (non-hydrogen) atoms. The normalized spacial score (nSPS) is 12.0. The summed E-state index contributed by atoms with van der Waals surface area (Å²) in [4.78, 5) is 16.4. The third-order valence-corrected chi connectivity index (χ3v) is 6.56. The van der Waals surface area contributed by atoms with E-state index in [2.05, 4.69) is 26.0 Å². The van der Waals surface area contributed by atoms with E-state index in [1.807, 2.05) is 0 Å². The molecule has 0 saturated heterocycles. The van der Waals surface area contributed by atoms with Gasteiger partial charge >= 0.3 is 12.2 Å². The Morgan fingerprint density at radius 1 is 1.10 bits per heavy atom. The Bertz CT molecular complexity index is 1620. The number of urea groups is 1. The van der Waals surface area contributed by atoms with Crippen molar-refractivity contribution in [3.8, 4) is 11.1 Å². The van der Waals surface area contributed by atoms with Gasteiger partial charge in [-0.15, -0.1) is 0 Å². The standard InChI is InChI=1S/C24H23F4N7O3S/c1-39(37,38)9-8-30-11-15-12-35-21(22(29)31-13-32-35)20(15)14-2-5-17(6-3-14)33-23(36)34-19-10-16(24(26,27)28)4-7-18(19)25/h2-7,10,12-13,30H,8-9,11H2,1H3,(H2,29,31,32)(H2,33,34,36). The zero-order valence-electron chi connectivity index (χ0n) is 20.4. The largest absolute Gasteiger partial charge is 0.416 e. The van der Waals surface area contributed by atoms with Gasteiger partial charge in [0.1, 0.15) is 27.5 Å². The number of rotatable bonds is 8. The Hall–Kier alpha value is -4.24. The lowest BCUT2D eigenvalue weighted by atomic mass is 10.0. The van der Waals surface area contributed by atoms with Crippen LogP contribution >= 0.6 is 0 Å². The Kier molecular flexibility index (Phi) is 7.74. The minimum absolute atomic E-state index is 0.0372. The highest BCUT2D eigenvalue weighted by Crippen LogP contribution is 2.34. The number of nitrogen functional groups attached to an aromatic ring is 1. The van der Waals surface area contributed by atoms with Gasteiger partial charge in [-0.25, -0.2) is 27.1 Å². The van der Waals surface area contributed by atoms with Crippen molar-refractivity contribution in [2.75, 3.05) is 34.9 Å². The molecule has 206 valence electrons. The molecule has 0 bridgehead atoms. The number of hydrogen-bond donors (Lipinski definition) is 4. The molecule has 15 heteroatoms. The van der Waals surface area contributed by atoms with Crippen molar-refractivity contribution in [2.24, 2.45) is 0 Å². The van der Waals surface area contributed by atoms with Crippen LogP contribution in [0, 0.1) is 5.82 Å². The van der Waals surface area contributed by atoms with Crippen LogP contribution in [0.5, 0.6) is 0 Å². The molecule has 4 rings (SSSR count). The van der Waals surface area contributed by atoms with Crippen LogP contribution in [-0.4, -0.2) is 47.6 Å². The number of aromatic nitrogens is 3. The number of halogens is 4. The number of carbonyl (C=O) groups excluding carboxylic acids is 1. The maximum Gasteiger partial charge on any atom is 0.416 e. The SMILES string of the molecule is CS(=O)(=O)CCNCc1cn2ncnc(N)c2c1-c1ccc(NC(=O)Nc2cc(C(F)(F)F)ccc2F)cc1. The van der Waals surface area contributed by atoms with Gasteiger partial charge in [-0.05, 0) is 41.5 Å². The van der Waals surface area contributed by atoms with Crippen LogP contribution in [0.2, 0.25) is 0 Å². The number of benzene rings is 2. The number of alkyl halides is 3. The van der Waals surface area contributed by atoms with E-state index >= 15 is 0 Å². The number of amides is 2. The summed E-state index contributed by atoms with van der Waals surface area (Å²) < 4.78 is 77.1. The molecule has 0 aliphatic rings. The van der Waals surface area contributed by atoms with Crippen LogP contribution in [-0.2, 0) is 22.6 Å². The second-order valence-electron chi connectivity index (χ2n) is 8.62. The van der Waals surface area contributed by atoms with E-state index in [4.69, 9.17) is 5.73 Å². The second-order valence-corrected chi connectivity index (χ2v) is 10.9. The van der Waals surface area contributed by atoms with Crippen molar-refractivity contribution in [3.05, 3.63) is 71.9 Å². The fourth-order valence-electron chi connectivity index (χ4n) is 3.82. The van der Waals surface area contributed by atoms with Crippen molar-refractivity contribution in [3.63, 3.8) is 0 Å². The second kappa shape index (κ2) is 10.9. The van der Waals surface area contributed by atoms with E-state index < -0.39 is 39.1 Å². The van der Waals surface area contributed by atoms with Gasteiger partial charge in [0.05, 0.1) is 17.0 Å².